The molecule has 0 aromatic carbocycles. The number of carboxylic acid groups (broad SMARTS) is 1. The predicted octanol–water partition coefficient (Wildman–Crippen LogP) is 11.4. The van der Waals surface area contributed by atoms with E-state index in [2.05, 4.69) is 25.7 Å². The monoisotopic (exact) mass is 781 g/mol. The second-order valence-electron chi connectivity index (χ2n) is 15.4. The maximum Gasteiger partial charge on any atom is 0.370 e. The molecule has 1 amide bonds. The third-order valence-electron chi connectivity index (χ3n) is 10.3. The van der Waals surface area contributed by atoms with E-state index >= 15 is 4.39 Å². The maximum absolute atomic E-state index is 16.4. The standard InChI is InChI=1S/C44H77FN2O8/c1-5-7-9-11-13-15-17-19-21-23-25-27-29-31-40(49)52-34-39(41(45)43-42(47-36(4)48)37(33-46)32-38(53-43)44(50)51)55-54-35(3)30-28-26-24-22-20-18-16-14-12-10-8-6-2/h32-33,37,39,41-43,46H,3,5-31,34H2,1-2,4H3,(H,47,48)(H,50,51). The second-order valence-corrected chi connectivity index (χ2v) is 15.4. The van der Waals surface area contributed by atoms with Crippen LogP contribution in [0.4, 0.5) is 4.39 Å². The highest BCUT2D eigenvalue weighted by molar-refractivity contribution is 5.86. The summed E-state index contributed by atoms with van der Waals surface area (Å²) < 4.78 is 27.4. The molecule has 0 aromatic rings. The van der Waals surface area contributed by atoms with Crippen LogP contribution in [0.2, 0.25) is 0 Å². The fourth-order valence-corrected chi connectivity index (χ4v) is 6.96. The van der Waals surface area contributed by atoms with Crippen LogP contribution in [0.5, 0.6) is 0 Å². The summed E-state index contributed by atoms with van der Waals surface area (Å²) >= 11 is 0. The summed E-state index contributed by atoms with van der Waals surface area (Å²) in [5, 5.41) is 20.0. The Morgan fingerprint density at radius 2 is 1.24 bits per heavy atom. The van der Waals surface area contributed by atoms with E-state index in [1.807, 2.05) is 0 Å². The van der Waals surface area contributed by atoms with Crippen molar-refractivity contribution in [2.45, 2.75) is 219 Å². The largest absolute Gasteiger partial charge is 0.478 e. The zero-order valence-corrected chi connectivity index (χ0v) is 34.7. The number of alkyl halides is 1. The van der Waals surface area contributed by atoms with Gasteiger partial charge in [-0.25, -0.2) is 9.18 Å². The van der Waals surface area contributed by atoms with E-state index in [9.17, 15) is 19.5 Å². The molecule has 0 saturated heterocycles. The first-order valence-electron chi connectivity index (χ1n) is 21.8. The van der Waals surface area contributed by atoms with Crippen molar-refractivity contribution in [3.63, 3.8) is 0 Å². The number of carbonyl (C=O) groups excluding carboxylic acids is 2. The van der Waals surface area contributed by atoms with Gasteiger partial charge in [-0.1, -0.05) is 168 Å². The molecule has 11 heteroatoms. The zero-order valence-electron chi connectivity index (χ0n) is 34.7. The van der Waals surface area contributed by atoms with Crippen molar-refractivity contribution in [1.29, 1.82) is 5.41 Å². The van der Waals surface area contributed by atoms with E-state index in [-0.39, 0.29) is 12.2 Å². The van der Waals surface area contributed by atoms with Gasteiger partial charge in [0.1, 0.15) is 12.4 Å². The molecule has 55 heavy (non-hydrogen) atoms. The molecule has 1 aliphatic rings. The number of carbonyl (C=O) groups is 3. The Morgan fingerprint density at radius 1 is 0.800 bits per heavy atom. The Balaban J connectivity index is 2.64. The van der Waals surface area contributed by atoms with Gasteiger partial charge in [0.25, 0.3) is 0 Å². The molecule has 0 spiro atoms. The van der Waals surface area contributed by atoms with Crippen LogP contribution in [0, 0.1) is 11.3 Å². The predicted molar refractivity (Wildman–Crippen MR) is 217 cm³/mol. The van der Waals surface area contributed by atoms with Gasteiger partial charge in [-0.15, -0.1) is 0 Å². The molecule has 0 bridgehead atoms. The van der Waals surface area contributed by atoms with Gasteiger partial charge >= 0.3 is 11.9 Å². The van der Waals surface area contributed by atoms with Crippen LogP contribution in [0.1, 0.15) is 194 Å². The highest BCUT2D eigenvalue weighted by Crippen LogP contribution is 2.29. The summed E-state index contributed by atoms with van der Waals surface area (Å²) in [7, 11) is 0. The topological polar surface area (TPSA) is 144 Å². The summed E-state index contributed by atoms with van der Waals surface area (Å²) in [6, 6.07) is -1.12. The summed E-state index contributed by atoms with van der Waals surface area (Å²) in [5.74, 6) is -3.71. The first-order chi connectivity index (χ1) is 26.6. The summed E-state index contributed by atoms with van der Waals surface area (Å²) in [4.78, 5) is 47.5. The number of halogens is 1. The molecule has 1 rings (SSSR count). The number of esters is 1. The molecule has 3 N–H and O–H groups in total. The van der Waals surface area contributed by atoms with Crippen LogP contribution in [0.3, 0.4) is 0 Å². The number of unbranched alkanes of at least 4 members (excludes halogenated alkanes) is 23. The van der Waals surface area contributed by atoms with Crippen molar-refractivity contribution >= 4 is 24.1 Å². The van der Waals surface area contributed by atoms with Gasteiger partial charge in [0.2, 0.25) is 11.7 Å². The number of ether oxygens (including phenoxy) is 2. The quantitative estimate of drug-likeness (QED) is 0.0141. The molecule has 10 nitrogen and oxygen atoms in total. The molecular weight excluding hydrogens is 703 g/mol. The number of hydrogen-bond acceptors (Lipinski definition) is 8. The number of nitrogens with one attached hydrogen (secondary N) is 2. The van der Waals surface area contributed by atoms with Crippen molar-refractivity contribution in [1.82, 2.24) is 5.32 Å². The summed E-state index contributed by atoms with van der Waals surface area (Å²) in [6.45, 7) is 9.09. The van der Waals surface area contributed by atoms with E-state index in [4.69, 9.17) is 24.7 Å². The molecule has 1 heterocycles. The van der Waals surface area contributed by atoms with Crippen LogP contribution in [0.25, 0.3) is 0 Å². The molecular formula is C44H77FN2O8. The lowest BCUT2D eigenvalue weighted by atomic mass is 9.88. The lowest BCUT2D eigenvalue weighted by Crippen LogP contribution is -2.57. The lowest BCUT2D eigenvalue weighted by Gasteiger charge is -2.38. The molecule has 5 unspecified atom stereocenters. The molecule has 318 valence electrons. The van der Waals surface area contributed by atoms with Crippen LogP contribution in [-0.2, 0) is 33.6 Å². The Labute approximate surface area is 332 Å². The fraction of sp³-hybridized carbons (Fsp3) is 0.818. The van der Waals surface area contributed by atoms with Crippen molar-refractivity contribution in [2.24, 2.45) is 5.92 Å². The zero-order chi connectivity index (χ0) is 40.5. The van der Waals surface area contributed by atoms with Crippen molar-refractivity contribution in [3.05, 3.63) is 24.2 Å². The third-order valence-corrected chi connectivity index (χ3v) is 10.3. The number of allylic oxidation sites excluding steroid dienone is 1. The summed E-state index contributed by atoms with van der Waals surface area (Å²) in [6.07, 6.45) is 27.3. The minimum Gasteiger partial charge on any atom is -0.478 e. The Kier molecular flexibility index (Phi) is 30.2. The molecule has 0 fully saturated rings. The molecule has 5 atom stereocenters. The number of amides is 1. The smallest absolute Gasteiger partial charge is 0.370 e. The molecule has 0 saturated carbocycles. The van der Waals surface area contributed by atoms with Crippen LogP contribution < -0.4 is 5.32 Å². The van der Waals surface area contributed by atoms with E-state index in [0.29, 0.717) is 12.8 Å². The van der Waals surface area contributed by atoms with Crippen molar-refractivity contribution < 1.29 is 43.1 Å². The third kappa shape index (κ3) is 25.0. The lowest BCUT2D eigenvalue weighted by molar-refractivity contribution is -0.319. The van der Waals surface area contributed by atoms with Gasteiger partial charge in [0, 0.05) is 31.9 Å². The van der Waals surface area contributed by atoms with E-state index in [1.54, 1.807) is 0 Å². The maximum atomic E-state index is 16.4. The SMILES string of the molecule is C=C(CCCCCCCCCCCCCC)OOC(COC(=O)CCCCCCCCCCCCCCC)C(F)C1OC(C(=O)O)=CC(C=N)C1NC(C)=O. The van der Waals surface area contributed by atoms with Gasteiger partial charge in [-0.3, -0.25) is 9.59 Å². The molecule has 0 aromatic heterocycles. The Hall–Kier alpha value is -2.95. The highest BCUT2D eigenvalue weighted by Gasteiger charge is 2.46. The molecule has 0 aliphatic carbocycles. The van der Waals surface area contributed by atoms with Crippen molar-refractivity contribution in [2.75, 3.05) is 6.61 Å². The van der Waals surface area contributed by atoms with Crippen LogP contribution in [-0.4, -0.2) is 60.2 Å². The van der Waals surface area contributed by atoms with E-state index in [0.717, 1.165) is 50.8 Å². The fourth-order valence-electron chi connectivity index (χ4n) is 6.96. The number of carboxylic acids is 1. The number of aliphatic carboxylic acids is 1. The van der Waals surface area contributed by atoms with Gasteiger partial charge in [0.15, 0.2) is 18.4 Å². The first-order valence-corrected chi connectivity index (χ1v) is 21.8. The van der Waals surface area contributed by atoms with E-state index in [1.165, 1.54) is 122 Å². The van der Waals surface area contributed by atoms with Gasteiger partial charge in [-0.05, 0) is 18.9 Å². The second kappa shape index (κ2) is 33.2. The van der Waals surface area contributed by atoms with Gasteiger partial charge in [0.05, 0.1) is 6.04 Å². The van der Waals surface area contributed by atoms with E-state index < -0.39 is 60.6 Å². The minimum atomic E-state index is -2.12. The highest BCUT2D eigenvalue weighted by atomic mass is 19.1. The summed E-state index contributed by atoms with van der Waals surface area (Å²) in [5.41, 5.74) is 0. The average molecular weight is 781 g/mol. The molecule has 0 radical (unpaired) electrons. The molecule has 1 aliphatic heterocycles. The normalized spacial score (nSPS) is 17.7. The van der Waals surface area contributed by atoms with Crippen LogP contribution in [0.15, 0.2) is 24.2 Å². The average Bonchev–Trinajstić information content (AvgIpc) is 3.16. The first kappa shape index (κ1) is 50.1. The minimum absolute atomic E-state index is 0.171. The van der Waals surface area contributed by atoms with Crippen LogP contribution >= 0.6 is 0 Å². The number of hydrogen-bond donors (Lipinski definition) is 3. The Morgan fingerprint density at radius 3 is 1.65 bits per heavy atom. The van der Waals surface area contributed by atoms with Crippen molar-refractivity contribution in [3.8, 4) is 0 Å². The Bertz CT molecular complexity index is 1090. The van der Waals surface area contributed by atoms with Gasteiger partial charge < -0.3 is 30.2 Å². The van der Waals surface area contributed by atoms with Gasteiger partial charge in [-0.2, -0.15) is 4.89 Å². The number of rotatable bonds is 37.